The molecule has 0 spiro atoms. The highest BCUT2D eigenvalue weighted by Crippen LogP contribution is 2.26. The van der Waals surface area contributed by atoms with Gasteiger partial charge in [-0.1, -0.05) is 30.7 Å². The molecule has 2 amide bonds. The third-order valence-corrected chi connectivity index (χ3v) is 6.53. The molecule has 1 saturated heterocycles. The number of thioether (sulfide) groups is 1. The van der Waals surface area contributed by atoms with Crippen molar-refractivity contribution in [1.82, 2.24) is 10.2 Å². The van der Waals surface area contributed by atoms with E-state index >= 15 is 0 Å². The van der Waals surface area contributed by atoms with E-state index in [1.54, 1.807) is 7.11 Å². The molecule has 32 heavy (non-hydrogen) atoms. The molecule has 172 valence electrons. The summed E-state index contributed by atoms with van der Waals surface area (Å²) in [6.45, 7) is 4.62. The number of hydrogen-bond acceptors (Lipinski definition) is 5. The second-order valence-electron chi connectivity index (χ2n) is 8.10. The molecule has 2 N–H and O–H groups in total. The Morgan fingerprint density at radius 1 is 1.03 bits per heavy atom. The normalized spacial score (nSPS) is 15.1. The lowest BCUT2D eigenvalue weighted by Crippen LogP contribution is -2.41. The summed E-state index contributed by atoms with van der Waals surface area (Å²) in [7, 11) is 1.66. The summed E-state index contributed by atoms with van der Waals surface area (Å²) in [5.41, 5.74) is 3.05. The smallest absolute Gasteiger partial charge is 0.234 e. The minimum Gasteiger partial charge on any atom is -0.497 e. The lowest BCUT2D eigenvalue weighted by atomic mass is 10.0. The van der Waals surface area contributed by atoms with Gasteiger partial charge in [-0.3, -0.25) is 14.5 Å². The first-order chi connectivity index (χ1) is 15.5. The molecule has 0 aromatic heterocycles. The molecule has 2 aromatic rings. The van der Waals surface area contributed by atoms with Gasteiger partial charge < -0.3 is 15.4 Å². The number of aryl methyl sites for hydroxylation is 1. The fourth-order valence-corrected chi connectivity index (χ4v) is 4.58. The van der Waals surface area contributed by atoms with Crippen molar-refractivity contribution in [3.05, 3.63) is 59.7 Å². The van der Waals surface area contributed by atoms with Gasteiger partial charge in [-0.05, 0) is 68.2 Å². The van der Waals surface area contributed by atoms with Crippen LogP contribution in [0, 0.1) is 6.92 Å². The van der Waals surface area contributed by atoms with E-state index in [1.165, 1.54) is 36.6 Å². The zero-order valence-electron chi connectivity index (χ0n) is 18.9. The SMILES string of the molecule is COc1ccc(C(CNC(=O)CSCC(=O)Nc2cccc(C)c2)N2CCCCC2)cc1. The number of methoxy groups -OCH3 is 1. The molecular formula is C25H33N3O3S. The van der Waals surface area contributed by atoms with Crippen molar-refractivity contribution in [1.29, 1.82) is 0 Å². The van der Waals surface area contributed by atoms with Crippen molar-refractivity contribution in [2.24, 2.45) is 0 Å². The third-order valence-electron chi connectivity index (χ3n) is 5.59. The summed E-state index contributed by atoms with van der Waals surface area (Å²) in [6.07, 6.45) is 3.64. The van der Waals surface area contributed by atoms with E-state index in [0.29, 0.717) is 6.54 Å². The number of nitrogens with zero attached hydrogens (tertiary/aromatic N) is 1. The number of nitrogens with one attached hydrogen (secondary N) is 2. The molecule has 1 atom stereocenters. The quantitative estimate of drug-likeness (QED) is 0.566. The van der Waals surface area contributed by atoms with E-state index in [2.05, 4.69) is 27.7 Å². The topological polar surface area (TPSA) is 70.7 Å². The van der Waals surface area contributed by atoms with Gasteiger partial charge in [0.05, 0.1) is 24.7 Å². The number of ether oxygens (including phenoxy) is 1. The number of carbonyl (C=O) groups excluding carboxylic acids is 2. The molecule has 0 aliphatic carbocycles. The van der Waals surface area contributed by atoms with Crippen LogP contribution in [-0.4, -0.2) is 55.0 Å². The Balaban J connectivity index is 1.47. The Hall–Kier alpha value is -2.51. The lowest BCUT2D eigenvalue weighted by Gasteiger charge is -2.35. The standard InChI is InChI=1S/C25H33N3O3S/c1-19-7-6-8-21(15-19)27-25(30)18-32-17-24(29)26-16-23(28-13-4-3-5-14-28)20-9-11-22(31-2)12-10-20/h6-12,15,23H,3-5,13-14,16-18H2,1-2H3,(H,26,29)(H,27,30). The average molecular weight is 456 g/mol. The van der Waals surface area contributed by atoms with Gasteiger partial charge in [0.1, 0.15) is 5.75 Å². The average Bonchev–Trinajstić information content (AvgIpc) is 2.80. The number of rotatable bonds is 10. The molecule has 1 heterocycles. The maximum Gasteiger partial charge on any atom is 0.234 e. The summed E-state index contributed by atoms with van der Waals surface area (Å²) in [5.74, 6) is 1.19. The summed E-state index contributed by atoms with van der Waals surface area (Å²) in [5, 5.41) is 5.95. The van der Waals surface area contributed by atoms with Gasteiger partial charge in [-0.25, -0.2) is 0 Å². The fraction of sp³-hybridized carbons (Fsp3) is 0.440. The predicted molar refractivity (Wildman–Crippen MR) is 131 cm³/mol. The van der Waals surface area contributed by atoms with Crippen LogP contribution in [-0.2, 0) is 9.59 Å². The minimum absolute atomic E-state index is 0.0473. The highest BCUT2D eigenvalue weighted by Gasteiger charge is 2.23. The number of benzene rings is 2. The van der Waals surface area contributed by atoms with Crippen molar-refractivity contribution in [3.63, 3.8) is 0 Å². The van der Waals surface area contributed by atoms with Crippen LogP contribution in [0.4, 0.5) is 5.69 Å². The van der Waals surface area contributed by atoms with E-state index in [1.807, 2.05) is 43.3 Å². The van der Waals surface area contributed by atoms with Crippen molar-refractivity contribution in [2.75, 3.05) is 43.6 Å². The molecule has 0 saturated carbocycles. The summed E-state index contributed by atoms with van der Waals surface area (Å²) < 4.78 is 5.28. The molecule has 1 aliphatic heterocycles. The Labute approximate surface area is 195 Å². The predicted octanol–water partition coefficient (Wildman–Crippen LogP) is 4.02. The van der Waals surface area contributed by atoms with E-state index in [0.717, 1.165) is 30.1 Å². The largest absolute Gasteiger partial charge is 0.497 e. The van der Waals surface area contributed by atoms with Crippen LogP contribution < -0.4 is 15.4 Å². The van der Waals surface area contributed by atoms with Crippen LogP contribution >= 0.6 is 11.8 Å². The van der Waals surface area contributed by atoms with Gasteiger partial charge in [-0.15, -0.1) is 11.8 Å². The molecule has 1 unspecified atom stereocenters. The van der Waals surface area contributed by atoms with Crippen LogP contribution in [0.15, 0.2) is 48.5 Å². The molecule has 3 rings (SSSR count). The van der Waals surface area contributed by atoms with E-state index in [4.69, 9.17) is 4.74 Å². The first-order valence-corrected chi connectivity index (χ1v) is 12.3. The highest BCUT2D eigenvalue weighted by molar-refractivity contribution is 8.00. The zero-order valence-corrected chi connectivity index (χ0v) is 19.7. The molecule has 7 heteroatoms. The van der Waals surface area contributed by atoms with Crippen molar-refractivity contribution >= 4 is 29.3 Å². The first-order valence-electron chi connectivity index (χ1n) is 11.1. The second-order valence-corrected chi connectivity index (χ2v) is 9.09. The van der Waals surface area contributed by atoms with Gasteiger partial charge in [0, 0.05) is 12.2 Å². The molecule has 0 bridgehead atoms. The Morgan fingerprint density at radius 2 is 1.75 bits per heavy atom. The van der Waals surface area contributed by atoms with E-state index in [-0.39, 0.29) is 29.4 Å². The van der Waals surface area contributed by atoms with E-state index in [9.17, 15) is 9.59 Å². The first kappa shape index (κ1) is 24.1. The number of piperidine rings is 1. The molecule has 0 radical (unpaired) electrons. The Kier molecular flexibility index (Phi) is 9.43. The van der Waals surface area contributed by atoms with Gasteiger partial charge >= 0.3 is 0 Å². The Morgan fingerprint density at radius 3 is 2.44 bits per heavy atom. The number of likely N-dealkylation sites (tertiary alicyclic amines) is 1. The van der Waals surface area contributed by atoms with Gasteiger partial charge in [0.15, 0.2) is 0 Å². The molecule has 6 nitrogen and oxygen atoms in total. The minimum atomic E-state index is -0.0992. The Bertz CT molecular complexity index is 882. The molecule has 1 fully saturated rings. The molecule has 1 aliphatic rings. The number of anilines is 1. The number of amides is 2. The van der Waals surface area contributed by atoms with E-state index < -0.39 is 0 Å². The van der Waals surface area contributed by atoms with Crippen LogP contribution in [0.5, 0.6) is 5.75 Å². The summed E-state index contributed by atoms with van der Waals surface area (Å²) in [6, 6.07) is 15.9. The maximum absolute atomic E-state index is 12.4. The van der Waals surface area contributed by atoms with Crippen molar-refractivity contribution in [3.8, 4) is 5.75 Å². The summed E-state index contributed by atoms with van der Waals surface area (Å²) >= 11 is 1.33. The van der Waals surface area contributed by atoms with Crippen LogP contribution in [0.25, 0.3) is 0 Å². The second kappa shape index (κ2) is 12.5. The highest BCUT2D eigenvalue weighted by atomic mass is 32.2. The van der Waals surface area contributed by atoms with Gasteiger partial charge in [0.2, 0.25) is 11.8 Å². The number of hydrogen-bond donors (Lipinski definition) is 2. The van der Waals surface area contributed by atoms with Crippen molar-refractivity contribution < 1.29 is 14.3 Å². The van der Waals surface area contributed by atoms with Crippen LogP contribution in [0.1, 0.15) is 36.4 Å². The zero-order chi connectivity index (χ0) is 22.8. The fourth-order valence-electron chi connectivity index (χ4n) is 3.93. The number of carbonyl (C=O) groups is 2. The maximum atomic E-state index is 12.4. The lowest BCUT2D eigenvalue weighted by molar-refractivity contribution is -0.118. The summed E-state index contributed by atoms with van der Waals surface area (Å²) in [4.78, 5) is 27.0. The third kappa shape index (κ3) is 7.57. The van der Waals surface area contributed by atoms with Gasteiger partial charge in [-0.2, -0.15) is 0 Å². The molecule has 2 aromatic carbocycles. The van der Waals surface area contributed by atoms with Crippen LogP contribution in [0.3, 0.4) is 0 Å². The monoisotopic (exact) mass is 455 g/mol. The van der Waals surface area contributed by atoms with Crippen molar-refractivity contribution in [2.45, 2.75) is 32.2 Å². The van der Waals surface area contributed by atoms with Crippen LogP contribution in [0.2, 0.25) is 0 Å². The molecular weight excluding hydrogens is 422 g/mol. The van der Waals surface area contributed by atoms with Gasteiger partial charge in [0.25, 0.3) is 0 Å².